The number of carbonyl (C=O) groups excluding carboxylic acids is 2. The second kappa shape index (κ2) is 7.72. The molecule has 0 spiro atoms. The van der Waals surface area contributed by atoms with Crippen LogP contribution < -0.4 is 10.6 Å². The number of nitrogens with one attached hydrogen (secondary N) is 2. The standard InChI is InChI=1S/C18H14F3N3O2S2/c1-9-15(28-17(22-9)14-4-3-7-27-14)16(26)24-13-6-5-11(23-10(2)25)8-12(13)18(19,20)21/h3-8H,1-2H3,(H,23,25)(H,24,26). The van der Waals surface area contributed by atoms with Crippen LogP contribution in [0.5, 0.6) is 0 Å². The summed E-state index contributed by atoms with van der Waals surface area (Å²) in [4.78, 5) is 29.1. The predicted octanol–water partition coefficient (Wildman–Crippen LogP) is 5.41. The van der Waals surface area contributed by atoms with Crippen molar-refractivity contribution in [3.05, 3.63) is 51.8 Å². The van der Waals surface area contributed by atoms with Gasteiger partial charge < -0.3 is 10.6 Å². The Bertz CT molecular complexity index is 1030. The number of halogens is 3. The van der Waals surface area contributed by atoms with Gasteiger partial charge in [0.2, 0.25) is 5.91 Å². The third-order valence-corrected chi connectivity index (χ3v) is 5.82. The molecular weight excluding hydrogens is 411 g/mol. The average Bonchev–Trinajstić information content (AvgIpc) is 3.24. The van der Waals surface area contributed by atoms with E-state index in [1.165, 1.54) is 24.3 Å². The maximum Gasteiger partial charge on any atom is 0.418 e. The number of rotatable bonds is 4. The van der Waals surface area contributed by atoms with Crippen molar-refractivity contribution in [2.75, 3.05) is 10.6 Å². The summed E-state index contributed by atoms with van der Waals surface area (Å²) in [5.74, 6) is -1.16. The van der Waals surface area contributed by atoms with E-state index in [0.717, 1.165) is 28.3 Å². The Labute approximate surface area is 166 Å². The van der Waals surface area contributed by atoms with E-state index >= 15 is 0 Å². The maximum atomic E-state index is 13.4. The Morgan fingerprint density at radius 2 is 1.89 bits per heavy atom. The SMILES string of the molecule is CC(=O)Nc1ccc(NC(=O)c2sc(-c3cccs3)nc2C)c(C(F)(F)F)c1. The highest BCUT2D eigenvalue weighted by molar-refractivity contribution is 7.22. The number of hydrogen-bond donors (Lipinski definition) is 2. The molecule has 0 fully saturated rings. The Balaban J connectivity index is 1.91. The first-order valence-electron chi connectivity index (χ1n) is 7.96. The van der Waals surface area contributed by atoms with Crippen LogP contribution in [0.1, 0.15) is 27.9 Å². The number of hydrogen-bond acceptors (Lipinski definition) is 5. The highest BCUT2D eigenvalue weighted by Crippen LogP contribution is 2.37. The van der Waals surface area contributed by atoms with Crippen molar-refractivity contribution in [2.45, 2.75) is 20.0 Å². The van der Waals surface area contributed by atoms with Crippen molar-refractivity contribution in [3.63, 3.8) is 0 Å². The molecule has 0 aliphatic carbocycles. The lowest BCUT2D eigenvalue weighted by molar-refractivity contribution is -0.137. The number of thiazole rings is 1. The minimum absolute atomic E-state index is 0.00761. The van der Waals surface area contributed by atoms with Crippen LogP contribution in [0.15, 0.2) is 35.7 Å². The van der Waals surface area contributed by atoms with Gasteiger partial charge in [-0.3, -0.25) is 9.59 Å². The minimum Gasteiger partial charge on any atom is -0.326 e. The Kier molecular flexibility index (Phi) is 5.52. The fourth-order valence-electron chi connectivity index (χ4n) is 2.46. The number of aromatic nitrogens is 1. The van der Waals surface area contributed by atoms with Crippen molar-refractivity contribution in [3.8, 4) is 9.88 Å². The summed E-state index contributed by atoms with van der Waals surface area (Å²) in [5.41, 5.74) is -1.01. The fraction of sp³-hybridized carbons (Fsp3) is 0.167. The highest BCUT2D eigenvalue weighted by Gasteiger charge is 2.34. The van der Waals surface area contributed by atoms with Gasteiger partial charge in [-0.05, 0) is 36.6 Å². The molecule has 10 heteroatoms. The van der Waals surface area contributed by atoms with Gasteiger partial charge in [0.15, 0.2) is 0 Å². The molecule has 2 heterocycles. The molecule has 3 rings (SSSR count). The lowest BCUT2D eigenvalue weighted by Crippen LogP contribution is -2.17. The van der Waals surface area contributed by atoms with Gasteiger partial charge in [-0.1, -0.05) is 6.07 Å². The van der Waals surface area contributed by atoms with Crippen molar-refractivity contribution in [1.82, 2.24) is 4.98 Å². The number of amides is 2. The molecule has 3 aromatic rings. The maximum absolute atomic E-state index is 13.4. The highest BCUT2D eigenvalue weighted by atomic mass is 32.1. The Morgan fingerprint density at radius 1 is 1.14 bits per heavy atom. The molecule has 0 aliphatic heterocycles. The third-order valence-electron chi connectivity index (χ3n) is 3.63. The molecule has 28 heavy (non-hydrogen) atoms. The number of alkyl halides is 3. The summed E-state index contributed by atoms with van der Waals surface area (Å²) >= 11 is 2.58. The molecule has 5 nitrogen and oxygen atoms in total. The van der Waals surface area contributed by atoms with Gasteiger partial charge in [0.05, 0.1) is 21.8 Å². The van der Waals surface area contributed by atoms with Crippen molar-refractivity contribution in [1.29, 1.82) is 0 Å². The van der Waals surface area contributed by atoms with Crippen LogP contribution in [-0.2, 0) is 11.0 Å². The topological polar surface area (TPSA) is 71.1 Å². The number of thiophene rings is 1. The first-order valence-corrected chi connectivity index (χ1v) is 9.66. The molecule has 2 aromatic heterocycles. The van der Waals surface area contributed by atoms with Crippen LogP contribution in [-0.4, -0.2) is 16.8 Å². The van der Waals surface area contributed by atoms with Crippen LogP contribution in [0.3, 0.4) is 0 Å². The lowest BCUT2D eigenvalue weighted by atomic mass is 10.1. The van der Waals surface area contributed by atoms with E-state index in [-0.39, 0.29) is 10.6 Å². The summed E-state index contributed by atoms with van der Waals surface area (Å²) in [6.45, 7) is 2.83. The first kappa shape index (κ1) is 20.0. The predicted molar refractivity (Wildman–Crippen MR) is 104 cm³/mol. The molecule has 2 N–H and O–H groups in total. The number of nitrogens with zero attached hydrogens (tertiary/aromatic N) is 1. The van der Waals surface area contributed by atoms with E-state index < -0.39 is 29.2 Å². The van der Waals surface area contributed by atoms with Crippen molar-refractivity contribution in [2.24, 2.45) is 0 Å². The largest absolute Gasteiger partial charge is 0.418 e. The van der Waals surface area contributed by atoms with E-state index in [1.54, 1.807) is 6.92 Å². The van der Waals surface area contributed by atoms with Crippen LogP contribution in [0.2, 0.25) is 0 Å². The molecule has 0 bridgehead atoms. The van der Waals surface area contributed by atoms with Gasteiger partial charge in [0, 0.05) is 12.6 Å². The third kappa shape index (κ3) is 4.39. The van der Waals surface area contributed by atoms with Crippen LogP contribution in [0.4, 0.5) is 24.5 Å². The van der Waals surface area contributed by atoms with E-state index in [4.69, 9.17) is 0 Å². The zero-order chi connectivity index (χ0) is 20.5. The van der Waals surface area contributed by atoms with Gasteiger partial charge in [-0.15, -0.1) is 22.7 Å². The van der Waals surface area contributed by atoms with Gasteiger partial charge in [-0.25, -0.2) is 4.98 Å². The Morgan fingerprint density at radius 3 is 2.50 bits per heavy atom. The van der Waals surface area contributed by atoms with Gasteiger partial charge in [0.1, 0.15) is 9.88 Å². The van der Waals surface area contributed by atoms with Gasteiger partial charge in [0.25, 0.3) is 5.91 Å². The van der Waals surface area contributed by atoms with Gasteiger partial charge in [-0.2, -0.15) is 13.2 Å². The zero-order valence-electron chi connectivity index (χ0n) is 14.7. The normalized spacial score (nSPS) is 11.3. The fourth-order valence-corrected chi connectivity index (χ4v) is 4.22. The molecular formula is C18H14F3N3O2S2. The first-order chi connectivity index (χ1) is 13.1. The lowest BCUT2D eigenvalue weighted by Gasteiger charge is -2.15. The summed E-state index contributed by atoms with van der Waals surface area (Å²) < 4.78 is 40.2. The molecule has 0 atom stereocenters. The summed E-state index contributed by atoms with van der Waals surface area (Å²) in [7, 11) is 0. The summed E-state index contributed by atoms with van der Waals surface area (Å²) in [5, 5.41) is 7.12. The molecule has 2 amide bonds. The van der Waals surface area contributed by atoms with Crippen molar-refractivity contribution < 1.29 is 22.8 Å². The molecule has 146 valence electrons. The average molecular weight is 425 g/mol. The van der Waals surface area contributed by atoms with E-state index in [0.29, 0.717) is 10.7 Å². The summed E-state index contributed by atoms with van der Waals surface area (Å²) in [6, 6.07) is 6.90. The van der Waals surface area contributed by atoms with Crippen molar-refractivity contribution >= 4 is 45.9 Å². The molecule has 0 aliphatic rings. The smallest absolute Gasteiger partial charge is 0.326 e. The number of benzene rings is 1. The molecule has 0 radical (unpaired) electrons. The van der Waals surface area contributed by atoms with Gasteiger partial charge >= 0.3 is 6.18 Å². The number of aryl methyl sites for hydroxylation is 1. The van der Waals surface area contributed by atoms with Crippen LogP contribution >= 0.6 is 22.7 Å². The molecule has 0 saturated carbocycles. The van der Waals surface area contributed by atoms with Crippen LogP contribution in [0.25, 0.3) is 9.88 Å². The minimum atomic E-state index is -4.71. The number of carbonyl (C=O) groups is 2. The Hall–Kier alpha value is -2.72. The molecule has 0 unspecified atom stereocenters. The summed E-state index contributed by atoms with van der Waals surface area (Å²) in [6.07, 6.45) is -4.71. The second-order valence-electron chi connectivity index (χ2n) is 5.80. The van der Waals surface area contributed by atoms with Crippen LogP contribution in [0, 0.1) is 6.92 Å². The monoisotopic (exact) mass is 425 g/mol. The second-order valence-corrected chi connectivity index (χ2v) is 7.75. The molecule has 1 aromatic carbocycles. The molecule has 0 saturated heterocycles. The number of anilines is 2. The zero-order valence-corrected chi connectivity index (χ0v) is 16.3. The van der Waals surface area contributed by atoms with E-state index in [1.807, 2.05) is 17.5 Å². The van der Waals surface area contributed by atoms with E-state index in [2.05, 4.69) is 15.6 Å². The quantitative estimate of drug-likeness (QED) is 0.587. The van der Waals surface area contributed by atoms with E-state index in [9.17, 15) is 22.8 Å².